The molecule has 1 amide bonds. The third-order valence-corrected chi connectivity index (χ3v) is 3.71. The number of amides is 1. The Balaban J connectivity index is 0.00000264. The van der Waals surface area contributed by atoms with Crippen molar-refractivity contribution in [3.05, 3.63) is 23.8 Å². The van der Waals surface area contributed by atoms with Crippen LogP contribution in [0, 0.1) is 0 Å². The Morgan fingerprint density at radius 1 is 1.30 bits per heavy atom. The minimum Gasteiger partial charge on any atom is -0.490 e. The number of hydrogen-bond donors (Lipinski definition) is 1. The van der Waals surface area contributed by atoms with Crippen molar-refractivity contribution in [1.29, 1.82) is 0 Å². The van der Waals surface area contributed by atoms with E-state index in [1.807, 2.05) is 24.0 Å². The second kappa shape index (κ2) is 9.63. The van der Waals surface area contributed by atoms with E-state index in [0.717, 1.165) is 26.1 Å². The highest BCUT2D eigenvalue weighted by atomic mass is 35.5. The Labute approximate surface area is 144 Å². The smallest absolute Gasteiger partial charge is 0.254 e. The highest BCUT2D eigenvalue weighted by Crippen LogP contribution is 2.29. The second-order valence-corrected chi connectivity index (χ2v) is 5.49. The first-order valence-corrected chi connectivity index (χ1v) is 8.08. The van der Waals surface area contributed by atoms with Crippen molar-refractivity contribution in [2.45, 2.75) is 33.2 Å². The Kier molecular flexibility index (Phi) is 8.20. The lowest BCUT2D eigenvalue weighted by molar-refractivity contribution is 0.0655. The molecule has 130 valence electrons. The largest absolute Gasteiger partial charge is 0.490 e. The average Bonchev–Trinajstić information content (AvgIpc) is 2.54. The Morgan fingerprint density at radius 2 is 2.09 bits per heavy atom. The molecule has 1 atom stereocenters. The predicted molar refractivity (Wildman–Crippen MR) is 94.0 cm³/mol. The summed E-state index contributed by atoms with van der Waals surface area (Å²) in [7, 11) is 0. The molecule has 1 aliphatic rings. The van der Waals surface area contributed by atoms with Crippen LogP contribution in [0.3, 0.4) is 0 Å². The van der Waals surface area contributed by atoms with Gasteiger partial charge in [-0.3, -0.25) is 4.79 Å². The summed E-state index contributed by atoms with van der Waals surface area (Å²) < 4.78 is 11.3. The van der Waals surface area contributed by atoms with Crippen LogP contribution >= 0.6 is 12.4 Å². The van der Waals surface area contributed by atoms with Gasteiger partial charge in [0.1, 0.15) is 0 Å². The van der Waals surface area contributed by atoms with Crippen LogP contribution in [0.25, 0.3) is 0 Å². The lowest BCUT2D eigenvalue weighted by Gasteiger charge is -2.34. The molecule has 1 aliphatic heterocycles. The van der Waals surface area contributed by atoms with Gasteiger partial charge in [-0.1, -0.05) is 6.92 Å². The summed E-state index contributed by atoms with van der Waals surface area (Å²) in [5.74, 6) is 1.40. The van der Waals surface area contributed by atoms with Gasteiger partial charge in [0.25, 0.3) is 5.91 Å². The summed E-state index contributed by atoms with van der Waals surface area (Å²) in [6.45, 7) is 9.64. The van der Waals surface area contributed by atoms with Crippen molar-refractivity contribution >= 4 is 18.3 Å². The number of carbonyl (C=O) groups is 1. The molecule has 1 heterocycles. The van der Waals surface area contributed by atoms with E-state index in [2.05, 4.69) is 19.2 Å². The molecule has 1 unspecified atom stereocenters. The van der Waals surface area contributed by atoms with Crippen molar-refractivity contribution in [1.82, 2.24) is 10.2 Å². The van der Waals surface area contributed by atoms with E-state index in [1.54, 1.807) is 6.07 Å². The molecule has 0 saturated carbocycles. The molecular formula is C17H27ClN2O3. The van der Waals surface area contributed by atoms with Gasteiger partial charge in [-0.25, -0.2) is 0 Å². The third kappa shape index (κ3) is 5.01. The Morgan fingerprint density at radius 3 is 2.74 bits per heavy atom. The van der Waals surface area contributed by atoms with Gasteiger partial charge in [0.2, 0.25) is 0 Å². The van der Waals surface area contributed by atoms with E-state index in [9.17, 15) is 4.79 Å². The fourth-order valence-corrected chi connectivity index (χ4v) is 2.55. The zero-order chi connectivity index (χ0) is 15.9. The summed E-state index contributed by atoms with van der Waals surface area (Å²) >= 11 is 0. The number of piperazine rings is 1. The molecule has 5 nitrogen and oxygen atoms in total. The van der Waals surface area contributed by atoms with Gasteiger partial charge in [0, 0.05) is 31.2 Å². The molecule has 2 rings (SSSR count). The normalized spacial score (nSPS) is 17.3. The molecule has 1 aromatic rings. The SMILES string of the molecule is CCCOc1ccc(C(=O)N2CCNCC2C)cc1OCC.Cl. The maximum Gasteiger partial charge on any atom is 0.254 e. The van der Waals surface area contributed by atoms with Crippen LogP contribution in [0.15, 0.2) is 18.2 Å². The van der Waals surface area contributed by atoms with E-state index in [-0.39, 0.29) is 24.4 Å². The molecule has 0 bridgehead atoms. The molecule has 0 aromatic heterocycles. The highest BCUT2D eigenvalue weighted by Gasteiger charge is 2.24. The summed E-state index contributed by atoms with van der Waals surface area (Å²) in [5.41, 5.74) is 0.654. The molecule has 23 heavy (non-hydrogen) atoms. The van der Waals surface area contributed by atoms with Crippen LogP contribution in [-0.4, -0.2) is 49.7 Å². The van der Waals surface area contributed by atoms with E-state index in [1.165, 1.54) is 0 Å². The summed E-state index contributed by atoms with van der Waals surface area (Å²) in [6.07, 6.45) is 0.935. The summed E-state index contributed by atoms with van der Waals surface area (Å²) in [4.78, 5) is 14.6. The van der Waals surface area contributed by atoms with Gasteiger partial charge < -0.3 is 19.7 Å². The van der Waals surface area contributed by atoms with Crippen LogP contribution in [0.4, 0.5) is 0 Å². The maximum absolute atomic E-state index is 12.7. The molecular weight excluding hydrogens is 316 g/mol. The number of hydrogen-bond acceptors (Lipinski definition) is 4. The zero-order valence-corrected chi connectivity index (χ0v) is 14.9. The molecule has 0 radical (unpaired) electrons. The number of nitrogens with one attached hydrogen (secondary N) is 1. The number of carbonyl (C=O) groups excluding carboxylic acids is 1. The van der Waals surface area contributed by atoms with E-state index >= 15 is 0 Å². The molecule has 1 fully saturated rings. The van der Waals surface area contributed by atoms with Gasteiger partial charge in [-0.05, 0) is 38.5 Å². The van der Waals surface area contributed by atoms with Crippen LogP contribution in [0.5, 0.6) is 11.5 Å². The van der Waals surface area contributed by atoms with Crippen LogP contribution in [-0.2, 0) is 0 Å². The van der Waals surface area contributed by atoms with E-state index < -0.39 is 0 Å². The summed E-state index contributed by atoms with van der Waals surface area (Å²) in [6, 6.07) is 5.66. The number of ether oxygens (including phenoxy) is 2. The molecule has 1 aromatic carbocycles. The highest BCUT2D eigenvalue weighted by molar-refractivity contribution is 5.95. The molecule has 6 heteroatoms. The maximum atomic E-state index is 12.7. The molecule has 1 saturated heterocycles. The number of benzene rings is 1. The van der Waals surface area contributed by atoms with Gasteiger partial charge in [-0.15, -0.1) is 12.4 Å². The molecule has 0 spiro atoms. The standard InChI is InChI=1S/C17H26N2O3.ClH/c1-4-10-22-15-7-6-14(11-16(15)21-5-2)17(20)19-9-8-18-12-13(19)3;/h6-7,11,13,18H,4-5,8-10,12H2,1-3H3;1H. The first-order valence-electron chi connectivity index (χ1n) is 8.08. The molecule has 1 N–H and O–H groups in total. The van der Waals surface area contributed by atoms with E-state index in [4.69, 9.17) is 9.47 Å². The van der Waals surface area contributed by atoms with Crippen molar-refractivity contribution in [2.75, 3.05) is 32.8 Å². The van der Waals surface area contributed by atoms with Crippen molar-refractivity contribution in [2.24, 2.45) is 0 Å². The number of rotatable bonds is 6. The zero-order valence-electron chi connectivity index (χ0n) is 14.1. The van der Waals surface area contributed by atoms with Gasteiger partial charge in [0.05, 0.1) is 13.2 Å². The topological polar surface area (TPSA) is 50.8 Å². The first kappa shape index (κ1) is 19.6. The predicted octanol–water partition coefficient (Wildman–Crippen LogP) is 2.73. The van der Waals surface area contributed by atoms with Crippen molar-refractivity contribution in [3.63, 3.8) is 0 Å². The van der Waals surface area contributed by atoms with Crippen molar-refractivity contribution < 1.29 is 14.3 Å². The fraction of sp³-hybridized carbons (Fsp3) is 0.588. The third-order valence-electron chi connectivity index (χ3n) is 3.71. The number of halogens is 1. The lowest BCUT2D eigenvalue weighted by atomic mass is 10.1. The second-order valence-electron chi connectivity index (χ2n) is 5.49. The minimum absolute atomic E-state index is 0. The average molecular weight is 343 g/mol. The quantitative estimate of drug-likeness (QED) is 0.863. The molecule has 0 aliphatic carbocycles. The lowest BCUT2D eigenvalue weighted by Crippen LogP contribution is -2.52. The monoisotopic (exact) mass is 342 g/mol. The van der Waals surface area contributed by atoms with Crippen molar-refractivity contribution in [3.8, 4) is 11.5 Å². The Bertz CT molecular complexity index is 511. The van der Waals surface area contributed by atoms with Gasteiger partial charge in [0.15, 0.2) is 11.5 Å². The fourth-order valence-electron chi connectivity index (χ4n) is 2.55. The minimum atomic E-state index is 0. The first-order chi connectivity index (χ1) is 10.7. The van der Waals surface area contributed by atoms with Gasteiger partial charge in [-0.2, -0.15) is 0 Å². The number of nitrogens with zero attached hydrogens (tertiary/aromatic N) is 1. The Hall–Kier alpha value is -1.46. The van der Waals surface area contributed by atoms with Crippen LogP contribution in [0.1, 0.15) is 37.6 Å². The van der Waals surface area contributed by atoms with Gasteiger partial charge >= 0.3 is 0 Å². The van der Waals surface area contributed by atoms with Crippen LogP contribution in [0.2, 0.25) is 0 Å². The summed E-state index contributed by atoms with van der Waals surface area (Å²) in [5, 5.41) is 3.30. The van der Waals surface area contributed by atoms with Crippen LogP contribution < -0.4 is 14.8 Å². The van der Waals surface area contributed by atoms with E-state index in [0.29, 0.717) is 30.3 Å².